The third kappa shape index (κ3) is 4.32. The summed E-state index contributed by atoms with van der Waals surface area (Å²) in [5, 5.41) is 16.2. The molecule has 2 amide bonds. The highest BCUT2D eigenvalue weighted by Crippen LogP contribution is 2.54. The monoisotopic (exact) mass is 568 g/mol. The number of carbonyl (C=O) groups is 3. The van der Waals surface area contributed by atoms with E-state index in [0.717, 1.165) is 59.6 Å². The van der Waals surface area contributed by atoms with E-state index in [1.54, 1.807) is 7.11 Å². The number of anilines is 1. The third-order valence-corrected chi connectivity index (χ3v) is 10.0. The van der Waals surface area contributed by atoms with E-state index in [-0.39, 0.29) is 11.8 Å². The van der Waals surface area contributed by atoms with Gasteiger partial charge in [-0.15, -0.1) is 0 Å². The van der Waals surface area contributed by atoms with Crippen LogP contribution in [-0.4, -0.2) is 35.5 Å². The summed E-state index contributed by atoms with van der Waals surface area (Å²) in [7, 11) is 1.62. The van der Waals surface area contributed by atoms with Crippen LogP contribution in [0.3, 0.4) is 0 Å². The van der Waals surface area contributed by atoms with Crippen molar-refractivity contribution < 1.29 is 24.2 Å². The molecule has 6 rings (SSSR count). The molecule has 7 nitrogen and oxygen atoms in total. The number of imide groups is 1. The molecule has 7 heteroatoms. The molecule has 2 heterocycles. The van der Waals surface area contributed by atoms with E-state index in [1.807, 2.05) is 68.4 Å². The number of methoxy groups -OCH3 is 1. The van der Waals surface area contributed by atoms with E-state index in [1.165, 1.54) is 4.90 Å². The lowest BCUT2D eigenvalue weighted by Gasteiger charge is -2.36. The van der Waals surface area contributed by atoms with E-state index in [2.05, 4.69) is 5.32 Å². The summed E-state index contributed by atoms with van der Waals surface area (Å²) in [5.41, 5.74) is 1.75. The van der Waals surface area contributed by atoms with E-state index < -0.39 is 35.3 Å². The average molecular weight is 569 g/mol. The minimum absolute atomic E-state index is 0.181. The SMILES string of the molecule is CCc1cccc(CC)c1N1C(=O)C2C(c3ccc(OC)c4ccccc34)NC(CC3CCCCC3)(C(=O)O)C2C1=O. The summed E-state index contributed by atoms with van der Waals surface area (Å²) in [4.78, 5) is 44.1. The Morgan fingerprint density at radius 1 is 0.929 bits per heavy atom. The quantitative estimate of drug-likeness (QED) is 0.314. The van der Waals surface area contributed by atoms with Crippen molar-refractivity contribution in [1.82, 2.24) is 5.32 Å². The van der Waals surface area contributed by atoms with Crippen LogP contribution in [0.4, 0.5) is 5.69 Å². The van der Waals surface area contributed by atoms with Crippen molar-refractivity contribution in [1.29, 1.82) is 0 Å². The van der Waals surface area contributed by atoms with Gasteiger partial charge in [0.15, 0.2) is 0 Å². The van der Waals surface area contributed by atoms with Gasteiger partial charge in [0.05, 0.1) is 24.6 Å². The lowest BCUT2D eigenvalue weighted by atomic mass is 9.72. The number of aliphatic carboxylic acids is 1. The van der Waals surface area contributed by atoms with Gasteiger partial charge in [-0.2, -0.15) is 0 Å². The highest BCUT2D eigenvalue weighted by Gasteiger charge is 2.69. The molecule has 3 aromatic rings. The van der Waals surface area contributed by atoms with Gasteiger partial charge in [-0.25, -0.2) is 4.90 Å². The van der Waals surface area contributed by atoms with Crippen molar-refractivity contribution in [3.63, 3.8) is 0 Å². The van der Waals surface area contributed by atoms with Crippen LogP contribution in [0.2, 0.25) is 0 Å². The largest absolute Gasteiger partial charge is 0.496 e. The number of carbonyl (C=O) groups excluding carboxylic acids is 2. The fraction of sp³-hybridized carbons (Fsp3) is 0.457. The number of para-hydroxylation sites is 1. The molecule has 2 aliphatic heterocycles. The molecule has 4 atom stereocenters. The van der Waals surface area contributed by atoms with Gasteiger partial charge in [0.25, 0.3) is 0 Å². The molecule has 4 unspecified atom stereocenters. The van der Waals surface area contributed by atoms with Crippen LogP contribution in [0.5, 0.6) is 5.75 Å². The van der Waals surface area contributed by atoms with Crippen LogP contribution in [0.15, 0.2) is 54.6 Å². The zero-order valence-electron chi connectivity index (χ0n) is 24.7. The van der Waals surface area contributed by atoms with Crippen LogP contribution in [-0.2, 0) is 27.2 Å². The summed E-state index contributed by atoms with van der Waals surface area (Å²) in [6.45, 7) is 4.03. The first-order chi connectivity index (χ1) is 20.4. The molecule has 3 fully saturated rings. The number of carboxylic acids is 1. The smallest absolute Gasteiger partial charge is 0.324 e. The second kappa shape index (κ2) is 11.2. The number of hydrogen-bond acceptors (Lipinski definition) is 5. The average Bonchev–Trinajstić information content (AvgIpc) is 3.49. The topological polar surface area (TPSA) is 95.9 Å². The predicted molar refractivity (Wildman–Crippen MR) is 163 cm³/mol. The number of ether oxygens (including phenoxy) is 1. The standard InChI is InChI=1S/C35H40N2O5/c1-4-22-14-11-15-23(5-2)31(22)37-32(38)28-29(33(37)39)35(34(40)41,20-21-12-7-6-8-13-21)36-30(28)26-18-19-27(42-3)25-17-10-9-16-24(25)26/h9-11,14-19,21,28-30,36H,4-8,12-13,20H2,1-3H3,(H,40,41). The van der Waals surface area contributed by atoms with Gasteiger partial charge >= 0.3 is 5.97 Å². The zero-order chi connectivity index (χ0) is 29.6. The Bertz CT molecular complexity index is 1520. The summed E-state index contributed by atoms with van der Waals surface area (Å²) in [6, 6.07) is 16.8. The molecule has 0 radical (unpaired) electrons. The maximum Gasteiger partial charge on any atom is 0.324 e. The Hall–Kier alpha value is -3.71. The molecule has 1 aliphatic carbocycles. The maximum atomic E-state index is 14.6. The predicted octanol–water partition coefficient (Wildman–Crippen LogP) is 6.22. The highest BCUT2D eigenvalue weighted by molar-refractivity contribution is 6.25. The number of hydrogen-bond donors (Lipinski definition) is 2. The van der Waals surface area contributed by atoms with Crippen LogP contribution < -0.4 is 15.0 Å². The molecule has 3 aromatic carbocycles. The number of nitrogens with one attached hydrogen (secondary N) is 1. The number of benzene rings is 3. The molecule has 2 N–H and O–H groups in total. The third-order valence-electron chi connectivity index (χ3n) is 10.0. The second-order valence-electron chi connectivity index (χ2n) is 12.2. The Labute approximate surface area is 247 Å². The van der Waals surface area contributed by atoms with Crippen LogP contribution >= 0.6 is 0 Å². The molecule has 0 spiro atoms. The van der Waals surface area contributed by atoms with Gasteiger partial charge in [0.2, 0.25) is 11.8 Å². The van der Waals surface area contributed by atoms with Gasteiger partial charge in [-0.1, -0.05) is 94.5 Å². The minimum atomic E-state index is -1.55. The molecule has 0 aromatic heterocycles. The maximum absolute atomic E-state index is 14.6. The van der Waals surface area contributed by atoms with Gasteiger partial charge < -0.3 is 9.84 Å². The molecule has 1 saturated carbocycles. The van der Waals surface area contributed by atoms with Gasteiger partial charge in [-0.05, 0) is 53.3 Å². The van der Waals surface area contributed by atoms with Crippen molar-refractivity contribution in [2.75, 3.05) is 12.0 Å². The Morgan fingerprint density at radius 2 is 1.60 bits per heavy atom. The first-order valence-corrected chi connectivity index (χ1v) is 15.4. The summed E-state index contributed by atoms with van der Waals surface area (Å²) < 4.78 is 5.63. The number of rotatable bonds is 8. The van der Waals surface area contributed by atoms with Crippen molar-refractivity contribution in [3.05, 3.63) is 71.3 Å². The van der Waals surface area contributed by atoms with Gasteiger partial charge in [-0.3, -0.25) is 19.7 Å². The molecule has 42 heavy (non-hydrogen) atoms. The molecular formula is C35H40N2O5. The lowest BCUT2D eigenvalue weighted by Crippen LogP contribution is -2.57. The number of aryl methyl sites for hydroxylation is 2. The number of amides is 2. The normalized spacial score (nSPS) is 26.2. The van der Waals surface area contributed by atoms with E-state index in [4.69, 9.17) is 4.74 Å². The van der Waals surface area contributed by atoms with Crippen LogP contribution in [0, 0.1) is 17.8 Å². The lowest BCUT2D eigenvalue weighted by molar-refractivity contribution is -0.150. The first kappa shape index (κ1) is 28.4. The highest BCUT2D eigenvalue weighted by atomic mass is 16.5. The van der Waals surface area contributed by atoms with E-state index >= 15 is 0 Å². The van der Waals surface area contributed by atoms with Crippen molar-refractivity contribution in [2.24, 2.45) is 17.8 Å². The van der Waals surface area contributed by atoms with Gasteiger partial charge in [0.1, 0.15) is 11.3 Å². The fourth-order valence-corrected chi connectivity index (χ4v) is 8.05. The summed E-state index contributed by atoms with van der Waals surface area (Å²) >= 11 is 0. The summed E-state index contributed by atoms with van der Waals surface area (Å²) in [5.74, 6) is -2.73. The number of fused-ring (bicyclic) bond motifs is 2. The molecule has 220 valence electrons. The van der Waals surface area contributed by atoms with Crippen LogP contribution in [0.25, 0.3) is 10.8 Å². The van der Waals surface area contributed by atoms with Crippen LogP contribution in [0.1, 0.15) is 75.1 Å². The Balaban J connectivity index is 1.55. The molecule has 2 saturated heterocycles. The van der Waals surface area contributed by atoms with Crippen molar-refractivity contribution in [3.8, 4) is 5.75 Å². The molecular weight excluding hydrogens is 528 g/mol. The Morgan fingerprint density at radius 3 is 2.21 bits per heavy atom. The number of carboxylic acid groups (broad SMARTS) is 1. The second-order valence-corrected chi connectivity index (χ2v) is 12.2. The first-order valence-electron chi connectivity index (χ1n) is 15.4. The number of nitrogens with zero attached hydrogens (tertiary/aromatic N) is 1. The van der Waals surface area contributed by atoms with Crippen molar-refractivity contribution >= 4 is 34.2 Å². The van der Waals surface area contributed by atoms with E-state index in [0.29, 0.717) is 30.7 Å². The molecule has 0 bridgehead atoms. The molecule has 3 aliphatic rings. The zero-order valence-corrected chi connectivity index (χ0v) is 24.7. The van der Waals surface area contributed by atoms with Gasteiger partial charge in [0, 0.05) is 11.4 Å². The minimum Gasteiger partial charge on any atom is -0.496 e. The fourth-order valence-electron chi connectivity index (χ4n) is 8.05. The van der Waals surface area contributed by atoms with Crippen molar-refractivity contribution in [2.45, 2.75) is 76.8 Å². The Kier molecular flexibility index (Phi) is 7.56. The summed E-state index contributed by atoms with van der Waals surface area (Å²) in [6.07, 6.45) is 6.79. The van der Waals surface area contributed by atoms with E-state index in [9.17, 15) is 19.5 Å².